The van der Waals surface area contributed by atoms with Crippen molar-refractivity contribution in [3.63, 3.8) is 0 Å². The fraction of sp³-hybridized carbons (Fsp3) is 0.333. The van der Waals surface area contributed by atoms with Gasteiger partial charge in [-0.15, -0.1) is 0 Å². The molecular weight excluding hydrogens is 105 g/mol. The van der Waals surface area contributed by atoms with Crippen LogP contribution in [0, 0.1) is 0 Å². The Bertz CT molecular complexity index is 171. The molecule has 0 aromatic heterocycles. The van der Waals surface area contributed by atoms with Crippen LogP contribution in [0.15, 0.2) is 24.2 Å². The van der Waals surface area contributed by atoms with Crippen molar-refractivity contribution in [1.82, 2.24) is 4.90 Å². The van der Waals surface area contributed by atoms with Crippen LogP contribution in [-0.4, -0.2) is 17.5 Å². The maximum absolute atomic E-state index is 12.2. The maximum Gasteiger partial charge on any atom is 0.138 e. The fourth-order valence-corrected chi connectivity index (χ4v) is 0.893. The third kappa shape index (κ3) is 0.457. The molecule has 2 rings (SSSR count). The Balaban J connectivity index is 2.28. The first-order valence-electron chi connectivity index (χ1n) is 2.67. The third-order valence-corrected chi connectivity index (χ3v) is 1.46. The zero-order chi connectivity index (χ0) is 5.56. The highest BCUT2D eigenvalue weighted by Gasteiger charge is 2.30. The highest BCUT2D eigenvalue weighted by Crippen LogP contribution is 2.25. The van der Waals surface area contributed by atoms with E-state index < -0.39 is 0 Å². The molecule has 1 fully saturated rings. The minimum atomic E-state index is -0.126. The zero-order valence-electron chi connectivity index (χ0n) is 4.34. The summed E-state index contributed by atoms with van der Waals surface area (Å²) in [6.45, 7) is 1.00. The summed E-state index contributed by atoms with van der Waals surface area (Å²) >= 11 is 0. The summed E-state index contributed by atoms with van der Waals surface area (Å²) in [7, 11) is 0. The van der Waals surface area contributed by atoms with E-state index in [0.29, 0.717) is 6.04 Å². The normalized spacial score (nSPS) is 31.9. The van der Waals surface area contributed by atoms with E-state index in [1.807, 2.05) is 11.0 Å². The van der Waals surface area contributed by atoms with Crippen LogP contribution in [-0.2, 0) is 0 Å². The number of allylic oxidation sites excluding steroid dienone is 2. The van der Waals surface area contributed by atoms with E-state index in [0.717, 1.165) is 6.54 Å². The van der Waals surface area contributed by atoms with Gasteiger partial charge in [-0.25, -0.2) is 4.39 Å². The van der Waals surface area contributed by atoms with Gasteiger partial charge in [-0.05, 0) is 6.08 Å². The molecule has 0 aromatic carbocycles. The van der Waals surface area contributed by atoms with Gasteiger partial charge in [0.05, 0.1) is 6.04 Å². The molecule has 0 bridgehead atoms. The summed E-state index contributed by atoms with van der Waals surface area (Å²) in [6, 6.07) is 0.523. The van der Waals surface area contributed by atoms with E-state index >= 15 is 0 Å². The van der Waals surface area contributed by atoms with Crippen molar-refractivity contribution >= 4 is 0 Å². The maximum atomic E-state index is 12.2. The lowest BCUT2D eigenvalue weighted by molar-refractivity contribution is 0.605. The Morgan fingerprint density at radius 3 is 3.25 bits per heavy atom. The monoisotopic (exact) mass is 111 g/mol. The van der Waals surface area contributed by atoms with E-state index in [1.54, 1.807) is 6.20 Å². The van der Waals surface area contributed by atoms with Gasteiger partial charge in [-0.2, -0.15) is 0 Å². The minimum Gasteiger partial charge on any atom is -0.364 e. The van der Waals surface area contributed by atoms with Crippen LogP contribution in [0.5, 0.6) is 0 Å². The van der Waals surface area contributed by atoms with Crippen LogP contribution in [0.25, 0.3) is 0 Å². The Labute approximate surface area is 47.1 Å². The molecule has 2 heteroatoms. The third-order valence-electron chi connectivity index (χ3n) is 1.46. The van der Waals surface area contributed by atoms with E-state index in [4.69, 9.17) is 0 Å². The molecule has 1 saturated heterocycles. The van der Waals surface area contributed by atoms with Crippen LogP contribution in [0.1, 0.15) is 0 Å². The molecule has 42 valence electrons. The highest BCUT2D eigenvalue weighted by atomic mass is 19.1. The zero-order valence-corrected chi connectivity index (χ0v) is 4.34. The van der Waals surface area contributed by atoms with Crippen molar-refractivity contribution < 1.29 is 4.39 Å². The number of hydrogen-bond acceptors (Lipinski definition) is 1. The molecule has 0 aliphatic carbocycles. The smallest absolute Gasteiger partial charge is 0.138 e. The van der Waals surface area contributed by atoms with Crippen LogP contribution in [0.4, 0.5) is 4.39 Å². The lowest BCUT2D eigenvalue weighted by Crippen LogP contribution is -1.93. The van der Waals surface area contributed by atoms with E-state index in [-0.39, 0.29) is 5.83 Å². The number of fused-ring (bicyclic) bond motifs is 1. The number of nitrogens with zero attached hydrogens (tertiary/aromatic N) is 1. The van der Waals surface area contributed by atoms with Gasteiger partial charge in [-0.1, -0.05) is 6.08 Å². The van der Waals surface area contributed by atoms with Crippen LogP contribution in [0.2, 0.25) is 0 Å². The lowest BCUT2D eigenvalue weighted by atomic mass is 10.3. The minimum absolute atomic E-state index is 0.126. The molecule has 0 aromatic rings. The van der Waals surface area contributed by atoms with Gasteiger partial charge < -0.3 is 4.90 Å². The summed E-state index contributed by atoms with van der Waals surface area (Å²) in [5, 5.41) is 0. The van der Waals surface area contributed by atoms with E-state index in [9.17, 15) is 4.39 Å². The van der Waals surface area contributed by atoms with Gasteiger partial charge in [0.25, 0.3) is 0 Å². The first kappa shape index (κ1) is 4.13. The standard InChI is InChI=1S/C6H6FN/c7-5-1-2-6-4-8(6)3-5/h1-3,6H,4H2. The van der Waals surface area contributed by atoms with Crippen LogP contribution < -0.4 is 0 Å². The molecule has 0 saturated carbocycles. The molecule has 0 radical (unpaired) electrons. The molecule has 2 aliphatic heterocycles. The highest BCUT2D eigenvalue weighted by molar-refractivity contribution is 5.25. The Kier molecular flexibility index (Phi) is 0.583. The average Bonchev–Trinajstić information content (AvgIpc) is 2.43. The van der Waals surface area contributed by atoms with Gasteiger partial charge in [0.1, 0.15) is 5.83 Å². The second kappa shape index (κ2) is 1.13. The first-order valence-corrected chi connectivity index (χ1v) is 2.67. The summed E-state index contributed by atoms with van der Waals surface area (Å²) < 4.78 is 12.2. The topological polar surface area (TPSA) is 3.01 Å². The summed E-state index contributed by atoms with van der Waals surface area (Å²) in [5.41, 5.74) is 0. The van der Waals surface area contributed by atoms with Gasteiger partial charge in [0, 0.05) is 12.7 Å². The molecule has 2 aliphatic rings. The number of hydrogen-bond donors (Lipinski definition) is 0. The molecule has 1 atom stereocenters. The molecule has 1 nitrogen and oxygen atoms in total. The summed E-state index contributed by atoms with van der Waals surface area (Å²) in [4.78, 5) is 1.95. The second-order valence-electron chi connectivity index (χ2n) is 2.14. The molecule has 2 heterocycles. The predicted octanol–water partition coefficient (Wildman–Crippen LogP) is 1.05. The first-order chi connectivity index (χ1) is 3.86. The van der Waals surface area contributed by atoms with Crippen molar-refractivity contribution in [3.05, 3.63) is 24.2 Å². The summed E-state index contributed by atoms with van der Waals surface area (Å²) in [5.74, 6) is -0.126. The SMILES string of the molecule is FC1=CN2CC2C=C1. The van der Waals surface area contributed by atoms with Gasteiger partial charge in [-0.3, -0.25) is 0 Å². The summed E-state index contributed by atoms with van der Waals surface area (Å²) in [6.07, 6.45) is 4.95. The van der Waals surface area contributed by atoms with Gasteiger partial charge >= 0.3 is 0 Å². The Morgan fingerprint density at radius 1 is 1.75 bits per heavy atom. The number of rotatable bonds is 0. The van der Waals surface area contributed by atoms with Crippen molar-refractivity contribution in [1.29, 1.82) is 0 Å². The fourth-order valence-electron chi connectivity index (χ4n) is 0.893. The second-order valence-corrected chi connectivity index (χ2v) is 2.14. The molecule has 0 N–H and O–H groups in total. The van der Waals surface area contributed by atoms with Gasteiger partial charge in [0.2, 0.25) is 0 Å². The van der Waals surface area contributed by atoms with Crippen molar-refractivity contribution in [2.24, 2.45) is 0 Å². The van der Waals surface area contributed by atoms with Crippen molar-refractivity contribution in [3.8, 4) is 0 Å². The van der Waals surface area contributed by atoms with Crippen molar-refractivity contribution in [2.45, 2.75) is 6.04 Å². The Morgan fingerprint density at radius 2 is 2.62 bits per heavy atom. The lowest BCUT2D eigenvalue weighted by Gasteiger charge is -1.97. The van der Waals surface area contributed by atoms with E-state index in [2.05, 4.69) is 0 Å². The molecule has 8 heavy (non-hydrogen) atoms. The quantitative estimate of drug-likeness (QED) is 0.422. The molecule has 0 spiro atoms. The van der Waals surface area contributed by atoms with Crippen molar-refractivity contribution in [2.75, 3.05) is 6.54 Å². The molecule has 0 amide bonds. The number of halogens is 1. The average molecular weight is 111 g/mol. The largest absolute Gasteiger partial charge is 0.364 e. The van der Waals surface area contributed by atoms with Crippen LogP contribution in [0.3, 0.4) is 0 Å². The Hall–Kier alpha value is -0.790. The predicted molar refractivity (Wildman–Crippen MR) is 28.8 cm³/mol. The van der Waals surface area contributed by atoms with Crippen LogP contribution >= 0.6 is 0 Å². The molecule has 1 unspecified atom stereocenters. The van der Waals surface area contributed by atoms with E-state index in [1.165, 1.54) is 6.08 Å². The molecular formula is C6H6FN. The van der Waals surface area contributed by atoms with Gasteiger partial charge in [0.15, 0.2) is 0 Å².